The smallest absolute Gasteiger partial charge is 0.221 e. The van der Waals surface area contributed by atoms with Crippen LogP contribution in [0.5, 0.6) is 0 Å². The van der Waals surface area contributed by atoms with Crippen LogP contribution in [0.1, 0.15) is 20.8 Å². The zero-order valence-electron chi connectivity index (χ0n) is 8.92. The normalized spacial score (nSPS) is 11.8. The highest BCUT2D eigenvalue weighted by Crippen LogP contribution is 1.84. The number of nitrogens with two attached hydrogens (primary N) is 1. The molecule has 0 amide bonds. The molecule has 2 N–H and O–H groups in total. The minimum absolute atomic E-state index is 0.522. The van der Waals surface area contributed by atoms with Crippen LogP contribution in [0.4, 0.5) is 0 Å². The van der Waals surface area contributed by atoms with Crippen molar-refractivity contribution in [1.82, 2.24) is 4.90 Å². The Bertz CT molecular complexity index is 154. The molecule has 0 fully saturated rings. The zero-order valence-corrected chi connectivity index (χ0v) is 8.92. The first kappa shape index (κ1) is 13.5. The minimum Gasteiger partial charge on any atom is -0.387 e. The van der Waals surface area contributed by atoms with E-state index in [4.69, 9.17) is 5.73 Å². The Labute approximate surface area is 75.2 Å². The number of hydrogen-bond donors (Lipinski definition) is 1. The maximum atomic E-state index is 5.35. The van der Waals surface area contributed by atoms with E-state index < -0.39 is 0 Å². The topological polar surface area (TPSA) is 54.0 Å². The molecule has 0 aliphatic heterocycles. The summed E-state index contributed by atoms with van der Waals surface area (Å²) in [4.78, 5) is 9.67. The molecule has 0 unspecified atom stereocenters. The van der Waals surface area contributed by atoms with Gasteiger partial charge in [-0.3, -0.25) is 4.99 Å². The number of aliphatic imine (C=N–C) groups is 2. The maximum Gasteiger partial charge on any atom is 0.221 e. The first-order valence-electron chi connectivity index (χ1n) is 4.02. The summed E-state index contributed by atoms with van der Waals surface area (Å²) in [6, 6.07) is 0. The highest BCUT2D eigenvalue weighted by Gasteiger charge is 1.95. The van der Waals surface area contributed by atoms with Crippen molar-refractivity contribution >= 4 is 11.8 Å². The van der Waals surface area contributed by atoms with E-state index >= 15 is 0 Å². The van der Waals surface area contributed by atoms with Crippen LogP contribution in [0.2, 0.25) is 0 Å². The van der Waals surface area contributed by atoms with Gasteiger partial charge in [0.2, 0.25) is 5.96 Å². The van der Waals surface area contributed by atoms with E-state index in [0.29, 0.717) is 11.8 Å². The van der Waals surface area contributed by atoms with Gasteiger partial charge in [-0.05, 0) is 6.92 Å². The van der Waals surface area contributed by atoms with Crippen LogP contribution in [0.15, 0.2) is 9.98 Å². The lowest BCUT2D eigenvalue weighted by Crippen LogP contribution is -2.22. The van der Waals surface area contributed by atoms with E-state index in [0.717, 1.165) is 0 Å². The lowest BCUT2D eigenvalue weighted by atomic mass is 10.7. The molecule has 0 aromatic rings. The van der Waals surface area contributed by atoms with Crippen molar-refractivity contribution in [2.45, 2.75) is 20.8 Å². The predicted molar refractivity (Wildman–Crippen MR) is 55.7 cm³/mol. The van der Waals surface area contributed by atoms with Gasteiger partial charge < -0.3 is 10.6 Å². The molecule has 0 aliphatic rings. The van der Waals surface area contributed by atoms with Crippen LogP contribution in [-0.2, 0) is 0 Å². The second kappa shape index (κ2) is 8.04. The highest BCUT2D eigenvalue weighted by atomic mass is 15.2. The lowest BCUT2D eigenvalue weighted by molar-refractivity contribution is 0.613. The van der Waals surface area contributed by atoms with Gasteiger partial charge in [0, 0.05) is 21.1 Å². The first-order chi connectivity index (χ1) is 5.57. The predicted octanol–water partition coefficient (Wildman–Crippen LogP) is 0.937. The Balaban J connectivity index is 0. The second-order valence-electron chi connectivity index (χ2n) is 2.17. The molecule has 0 spiro atoms. The van der Waals surface area contributed by atoms with E-state index in [1.165, 1.54) is 0 Å². The van der Waals surface area contributed by atoms with E-state index in [-0.39, 0.29) is 0 Å². The quantitative estimate of drug-likeness (QED) is 0.436. The number of hydrogen-bond acceptors (Lipinski definition) is 1. The van der Waals surface area contributed by atoms with Crippen molar-refractivity contribution in [2.24, 2.45) is 15.7 Å². The van der Waals surface area contributed by atoms with Crippen molar-refractivity contribution in [3.05, 3.63) is 0 Å². The van der Waals surface area contributed by atoms with Gasteiger partial charge >= 0.3 is 0 Å². The van der Waals surface area contributed by atoms with Crippen LogP contribution in [0.25, 0.3) is 0 Å². The molecular formula is C8H20N4. The van der Waals surface area contributed by atoms with Gasteiger partial charge in [0.15, 0.2) is 0 Å². The summed E-state index contributed by atoms with van der Waals surface area (Å²) in [6.45, 7) is 5.73. The SMILES string of the molecule is CC.CN=C(/N=C(/C)N)N(C)C. The molecular weight excluding hydrogens is 152 g/mol. The molecule has 0 rings (SSSR count). The van der Waals surface area contributed by atoms with E-state index in [9.17, 15) is 0 Å². The largest absolute Gasteiger partial charge is 0.387 e. The Morgan fingerprint density at radius 2 is 1.67 bits per heavy atom. The van der Waals surface area contributed by atoms with Gasteiger partial charge in [-0.15, -0.1) is 0 Å². The van der Waals surface area contributed by atoms with E-state index in [1.807, 2.05) is 27.9 Å². The minimum atomic E-state index is 0.522. The van der Waals surface area contributed by atoms with E-state index in [1.54, 1.807) is 18.9 Å². The van der Waals surface area contributed by atoms with Crippen LogP contribution in [0.3, 0.4) is 0 Å². The summed E-state index contributed by atoms with van der Waals surface area (Å²) in [5.41, 5.74) is 5.35. The molecule has 0 heterocycles. The number of rotatable bonds is 0. The molecule has 12 heavy (non-hydrogen) atoms. The molecule has 72 valence electrons. The standard InChI is InChI=1S/C6H14N4.C2H6/c1-5(7)9-6(8-2)10(3)4;1-2/h1-4H3,(H2,7,8,9);1-2H3. The molecule has 0 bridgehead atoms. The Morgan fingerprint density at radius 1 is 1.25 bits per heavy atom. The van der Waals surface area contributed by atoms with Crippen LogP contribution in [-0.4, -0.2) is 37.8 Å². The average Bonchev–Trinajstić information content (AvgIpc) is 2.03. The summed E-state index contributed by atoms with van der Waals surface area (Å²) in [5.74, 6) is 1.16. The zero-order chi connectivity index (χ0) is 10.1. The fourth-order valence-corrected chi connectivity index (χ4v) is 0.508. The molecule has 0 aromatic heterocycles. The molecule has 0 radical (unpaired) electrons. The second-order valence-corrected chi connectivity index (χ2v) is 2.17. The molecule has 4 heteroatoms. The summed E-state index contributed by atoms with van der Waals surface area (Å²) >= 11 is 0. The van der Waals surface area contributed by atoms with Crippen molar-refractivity contribution in [1.29, 1.82) is 0 Å². The van der Waals surface area contributed by atoms with Crippen LogP contribution >= 0.6 is 0 Å². The van der Waals surface area contributed by atoms with Crippen molar-refractivity contribution in [3.8, 4) is 0 Å². The van der Waals surface area contributed by atoms with Gasteiger partial charge in [0.25, 0.3) is 0 Å². The average molecular weight is 172 g/mol. The summed E-state index contributed by atoms with van der Waals surface area (Å²) < 4.78 is 0. The van der Waals surface area contributed by atoms with Crippen LogP contribution in [0, 0.1) is 0 Å². The molecule has 4 nitrogen and oxygen atoms in total. The van der Waals surface area contributed by atoms with E-state index in [2.05, 4.69) is 9.98 Å². The highest BCUT2D eigenvalue weighted by molar-refractivity contribution is 5.93. The summed E-state index contributed by atoms with van der Waals surface area (Å²) in [5, 5.41) is 0. The van der Waals surface area contributed by atoms with Crippen molar-refractivity contribution in [3.63, 3.8) is 0 Å². The molecule has 0 aliphatic carbocycles. The number of nitrogens with zero attached hydrogens (tertiary/aromatic N) is 3. The lowest BCUT2D eigenvalue weighted by Gasteiger charge is -2.09. The third-order valence-corrected chi connectivity index (χ3v) is 0.876. The Morgan fingerprint density at radius 3 is 1.75 bits per heavy atom. The molecule has 0 saturated carbocycles. The molecule has 0 atom stereocenters. The Hall–Kier alpha value is -1.06. The summed E-state index contributed by atoms with van der Waals surface area (Å²) in [7, 11) is 5.42. The van der Waals surface area contributed by atoms with Gasteiger partial charge in [-0.2, -0.15) is 0 Å². The van der Waals surface area contributed by atoms with Gasteiger partial charge in [0.05, 0.1) is 5.84 Å². The first-order valence-corrected chi connectivity index (χ1v) is 4.02. The monoisotopic (exact) mass is 172 g/mol. The van der Waals surface area contributed by atoms with Gasteiger partial charge in [-0.25, -0.2) is 4.99 Å². The summed E-state index contributed by atoms with van der Waals surface area (Å²) in [6.07, 6.45) is 0. The van der Waals surface area contributed by atoms with Gasteiger partial charge in [0.1, 0.15) is 0 Å². The maximum absolute atomic E-state index is 5.35. The number of amidine groups is 1. The Kier molecular flexibility index (Phi) is 9.06. The molecule has 0 saturated heterocycles. The van der Waals surface area contributed by atoms with Crippen LogP contribution < -0.4 is 5.73 Å². The number of guanidine groups is 1. The van der Waals surface area contributed by atoms with Crippen molar-refractivity contribution < 1.29 is 0 Å². The third kappa shape index (κ3) is 7.05. The van der Waals surface area contributed by atoms with Gasteiger partial charge in [-0.1, -0.05) is 13.8 Å². The molecule has 0 aromatic carbocycles. The fourth-order valence-electron chi connectivity index (χ4n) is 0.508. The fraction of sp³-hybridized carbons (Fsp3) is 0.750. The van der Waals surface area contributed by atoms with Crippen molar-refractivity contribution in [2.75, 3.05) is 21.1 Å². The third-order valence-electron chi connectivity index (χ3n) is 0.876.